The molecule has 4 rings (SSSR count). The summed E-state index contributed by atoms with van der Waals surface area (Å²) >= 11 is 0. The molecule has 1 heteroatoms. The Kier molecular flexibility index (Phi) is 1.95. The molecule has 0 bridgehead atoms. The molecule has 0 aliphatic heterocycles. The molecule has 0 amide bonds. The van der Waals surface area contributed by atoms with Crippen LogP contribution in [0.1, 0.15) is 25.0 Å². The molecule has 0 N–H and O–H groups in total. The average Bonchev–Trinajstić information content (AvgIpc) is 2.45. The second-order valence-corrected chi connectivity index (χ2v) is 5.73. The van der Waals surface area contributed by atoms with E-state index < -0.39 is 0 Å². The van der Waals surface area contributed by atoms with Gasteiger partial charge in [-0.2, -0.15) is 0 Å². The monoisotopic (exact) mass is 245 g/mol. The van der Waals surface area contributed by atoms with Crippen LogP contribution < -0.4 is 0 Å². The van der Waals surface area contributed by atoms with Gasteiger partial charge in [0.05, 0.1) is 5.52 Å². The van der Waals surface area contributed by atoms with Gasteiger partial charge in [0.25, 0.3) is 0 Å². The van der Waals surface area contributed by atoms with Gasteiger partial charge in [-0.3, -0.25) is 4.98 Å². The number of nitrogens with zero attached hydrogens (tertiary/aromatic N) is 1. The number of hydrogen-bond acceptors (Lipinski definition) is 1. The highest BCUT2D eigenvalue weighted by molar-refractivity contribution is 6.01. The van der Waals surface area contributed by atoms with E-state index in [0.717, 1.165) is 5.52 Å². The zero-order valence-electron chi connectivity index (χ0n) is 11.1. The van der Waals surface area contributed by atoms with Crippen LogP contribution in [0.15, 0.2) is 54.7 Å². The van der Waals surface area contributed by atoms with Crippen molar-refractivity contribution in [3.8, 4) is 11.1 Å². The molecule has 0 unspecified atom stereocenters. The molecule has 0 fully saturated rings. The molecule has 1 aliphatic carbocycles. The van der Waals surface area contributed by atoms with Gasteiger partial charge in [-0.15, -0.1) is 0 Å². The van der Waals surface area contributed by atoms with E-state index >= 15 is 0 Å². The Balaban J connectivity index is 2.28. The number of aromatic nitrogens is 1. The van der Waals surface area contributed by atoms with Gasteiger partial charge in [0.1, 0.15) is 0 Å². The van der Waals surface area contributed by atoms with E-state index in [-0.39, 0.29) is 5.41 Å². The molecule has 0 spiro atoms. The Hall–Kier alpha value is -2.15. The Bertz CT molecular complexity index is 794. The Morgan fingerprint density at radius 3 is 2.47 bits per heavy atom. The average molecular weight is 245 g/mol. The van der Waals surface area contributed by atoms with Crippen LogP contribution in [0, 0.1) is 0 Å². The van der Waals surface area contributed by atoms with Crippen molar-refractivity contribution >= 4 is 10.9 Å². The van der Waals surface area contributed by atoms with E-state index in [9.17, 15) is 0 Å². The second kappa shape index (κ2) is 3.45. The summed E-state index contributed by atoms with van der Waals surface area (Å²) in [4.78, 5) is 4.52. The molecule has 1 heterocycles. The van der Waals surface area contributed by atoms with Gasteiger partial charge >= 0.3 is 0 Å². The molecule has 1 nitrogen and oxygen atoms in total. The van der Waals surface area contributed by atoms with Crippen molar-refractivity contribution in [3.05, 3.63) is 65.9 Å². The lowest BCUT2D eigenvalue weighted by Crippen LogP contribution is -2.23. The van der Waals surface area contributed by atoms with Gasteiger partial charge in [0.2, 0.25) is 0 Å². The van der Waals surface area contributed by atoms with Crippen LogP contribution >= 0.6 is 0 Å². The van der Waals surface area contributed by atoms with Crippen molar-refractivity contribution in [1.82, 2.24) is 4.98 Å². The minimum absolute atomic E-state index is 0.0339. The van der Waals surface area contributed by atoms with Gasteiger partial charge in [-0.1, -0.05) is 50.2 Å². The first kappa shape index (κ1) is 10.7. The third-order valence-electron chi connectivity index (χ3n) is 4.33. The fraction of sp³-hybridized carbons (Fsp3) is 0.167. The van der Waals surface area contributed by atoms with E-state index in [4.69, 9.17) is 0 Å². The minimum atomic E-state index is 0.0339. The largest absolute Gasteiger partial charge is 0.256 e. The number of benzene rings is 2. The molecule has 2 aromatic carbocycles. The van der Waals surface area contributed by atoms with E-state index in [0.29, 0.717) is 0 Å². The maximum absolute atomic E-state index is 4.52. The van der Waals surface area contributed by atoms with Crippen molar-refractivity contribution < 1.29 is 0 Å². The topological polar surface area (TPSA) is 12.9 Å². The smallest absolute Gasteiger partial charge is 0.0711 e. The van der Waals surface area contributed by atoms with Crippen LogP contribution in [0.2, 0.25) is 0 Å². The molecule has 1 aromatic heterocycles. The van der Waals surface area contributed by atoms with E-state index in [1.165, 1.54) is 27.6 Å². The third kappa shape index (κ3) is 1.27. The van der Waals surface area contributed by atoms with Crippen molar-refractivity contribution in [2.24, 2.45) is 0 Å². The summed E-state index contributed by atoms with van der Waals surface area (Å²) in [5.41, 5.74) is 6.58. The molecule has 0 radical (unpaired) electrons. The standard InChI is InChI=1S/C18H15N/c1-18(2)14-7-4-3-6-12(14)13-10-11-19-16-9-5-8-15(18)17(13)16/h3-11H,1-2H3. The van der Waals surface area contributed by atoms with E-state index in [2.05, 4.69) is 67.4 Å². The summed E-state index contributed by atoms with van der Waals surface area (Å²) in [7, 11) is 0. The van der Waals surface area contributed by atoms with Gasteiger partial charge in [-0.25, -0.2) is 0 Å². The Morgan fingerprint density at radius 2 is 1.58 bits per heavy atom. The van der Waals surface area contributed by atoms with E-state index in [1.54, 1.807) is 0 Å². The van der Waals surface area contributed by atoms with Gasteiger partial charge in [-0.05, 0) is 34.4 Å². The zero-order valence-corrected chi connectivity index (χ0v) is 11.1. The lowest BCUT2D eigenvalue weighted by atomic mass is 9.69. The highest BCUT2D eigenvalue weighted by atomic mass is 14.7. The van der Waals surface area contributed by atoms with Gasteiger partial charge < -0.3 is 0 Å². The SMILES string of the molecule is CC1(C)c2ccccc2-c2ccnc3cccc1c23. The fourth-order valence-corrected chi connectivity index (χ4v) is 3.36. The predicted octanol–water partition coefficient (Wildman–Crippen LogP) is 4.54. The van der Waals surface area contributed by atoms with E-state index in [1.807, 2.05) is 6.20 Å². The van der Waals surface area contributed by atoms with Crippen LogP contribution in [0.5, 0.6) is 0 Å². The first-order valence-electron chi connectivity index (χ1n) is 6.68. The fourth-order valence-electron chi connectivity index (χ4n) is 3.36. The van der Waals surface area contributed by atoms with Crippen LogP contribution in [0.4, 0.5) is 0 Å². The summed E-state index contributed by atoms with van der Waals surface area (Å²) in [6, 6.07) is 17.3. The zero-order chi connectivity index (χ0) is 13.0. The molecule has 0 saturated heterocycles. The number of rotatable bonds is 0. The molecular formula is C18H15N. The number of pyridine rings is 1. The van der Waals surface area contributed by atoms with Crippen LogP contribution in [-0.4, -0.2) is 4.98 Å². The lowest BCUT2D eigenvalue weighted by molar-refractivity contribution is 0.645. The number of hydrogen-bond donors (Lipinski definition) is 0. The van der Waals surface area contributed by atoms with Crippen LogP contribution in [0.25, 0.3) is 22.0 Å². The second-order valence-electron chi connectivity index (χ2n) is 5.73. The van der Waals surface area contributed by atoms with Crippen molar-refractivity contribution in [2.75, 3.05) is 0 Å². The maximum atomic E-state index is 4.52. The summed E-state index contributed by atoms with van der Waals surface area (Å²) in [6.45, 7) is 4.60. The predicted molar refractivity (Wildman–Crippen MR) is 79.3 cm³/mol. The minimum Gasteiger partial charge on any atom is -0.256 e. The Labute approximate surface area is 112 Å². The summed E-state index contributed by atoms with van der Waals surface area (Å²) < 4.78 is 0. The van der Waals surface area contributed by atoms with Crippen LogP contribution in [-0.2, 0) is 5.41 Å². The summed E-state index contributed by atoms with van der Waals surface area (Å²) in [5.74, 6) is 0. The Morgan fingerprint density at radius 1 is 0.789 bits per heavy atom. The highest BCUT2D eigenvalue weighted by Crippen LogP contribution is 2.47. The van der Waals surface area contributed by atoms with Gasteiger partial charge in [0, 0.05) is 17.0 Å². The summed E-state index contributed by atoms with van der Waals surface area (Å²) in [5, 5.41) is 1.31. The molecular weight excluding hydrogens is 230 g/mol. The quantitative estimate of drug-likeness (QED) is 0.566. The molecule has 1 aliphatic rings. The molecule has 19 heavy (non-hydrogen) atoms. The maximum Gasteiger partial charge on any atom is 0.0711 e. The highest BCUT2D eigenvalue weighted by Gasteiger charge is 2.32. The normalized spacial score (nSPS) is 15.3. The summed E-state index contributed by atoms with van der Waals surface area (Å²) in [6.07, 6.45) is 1.91. The van der Waals surface area contributed by atoms with Crippen molar-refractivity contribution in [3.63, 3.8) is 0 Å². The molecule has 3 aromatic rings. The van der Waals surface area contributed by atoms with Gasteiger partial charge in [0.15, 0.2) is 0 Å². The molecule has 0 atom stereocenters. The third-order valence-corrected chi connectivity index (χ3v) is 4.33. The first-order valence-corrected chi connectivity index (χ1v) is 6.68. The molecule has 92 valence electrons. The first-order chi connectivity index (χ1) is 9.19. The lowest BCUT2D eigenvalue weighted by Gasteiger charge is -2.34. The molecule has 0 saturated carbocycles. The van der Waals surface area contributed by atoms with Crippen molar-refractivity contribution in [2.45, 2.75) is 19.3 Å². The number of fused-ring (bicyclic) bond motifs is 2. The van der Waals surface area contributed by atoms with Crippen LogP contribution in [0.3, 0.4) is 0 Å². The van der Waals surface area contributed by atoms with Crippen molar-refractivity contribution in [1.29, 1.82) is 0 Å².